The molecule has 0 aromatic heterocycles. The fourth-order valence-electron chi connectivity index (χ4n) is 2.51. The number of aliphatic hydroxyl groups excluding tert-OH is 1. The molecule has 1 saturated heterocycles. The van der Waals surface area contributed by atoms with Crippen LogP contribution in [-0.2, 0) is 10.0 Å². The van der Waals surface area contributed by atoms with E-state index in [4.69, 9.17) is 0 Å². The molecule has 0 bridgehead atoms. The molecule has 1 fully saturated rings. The first-order valence-corrected chi connectivity index (χ1v) is 9.10. The molecular formula is C16H22N2O4S. The van der Waals surface area contributed by atoms with Gasteiger partial charge in [-0.3, -0.25) is 4.79 Å². The number of nitrogens with zero attached hydrogens (tertiary/aromatic N) is 1. The molecule has 126 valence electrons. The lowest BCUT2D eigenvalue weighted by atomic mass is 10.2. The van der Waals surface area contributed by atoms with Gasteiger partial charge < -0.3 is 10.0 Å². The Labute approximate surface area is 136 Å². The summed E-state index contributed by atoms with van der Waals surface area (Å²) < 4.78 is 26.6. The second-order valence-electron chi connectivity index (χ2n) is 5.55. The molecular weight excluding hydrogens is 316 g/mol. The van der Waals surface area contributed by atoms with Gasteiger partial charge in [-0.1, -0.05) is 12.1 Å². The number of carbonyl (C=O) groups is 1. The van der Waals surface area contributed by atoms with Crippen molar-refractivity contribution >= 4 is 15.9 Å². The molecule has 2 rings (SSSR count). The summed E-state index contributed by atoms with van der Waals surface area (Å²) in [7, 11) is -3.66. The Balaban J connectivity index is 2.18. The number of aliphatic hydroxyl groups is 1. The lowest BCUT2D eigenvalue weighted by Crippen LogP contribution is -2.32. The molecule has 1 aromatic rings. The number of carbonyl (C=O) groups excluding carboxylic acids is 1. The van der Waals surface area contributed by atoms with Crippen LogP contribution >= 0.6 is 0 Å². The Morgan fingerprint density at radius 2 is 2.17 bits per heavy atom. The van der Waals surface area contributed by atoms with Gasteiger partial charge in [0.15, 0.2) is 0 Å². The van der Waals surface area contributed by atoms with E-state index in [2.05, 4.69) is 11.3 Å². The Morgan fingerprint density at radius 3 is 2.91 bits per heavy atom. The molecule has 0 unspecified atom stereocenters. The first-order valence-electron chi connectivity index (χ1n) is 7.62. The maximum absolute atomic E-state index is 12.6. The standard InChI is InChI=1S/C16H22N2O4S/c1-2-9-17-23(21,22)15-7-3-5-13(12-15)16(20)18-10-4-6-14(19)8-11-18/h2-3,5,7,12,14,17,19H,1,4,6,8-11H2/t14-/m1/s1. The predicted octanol–water partition coefficient (Wildman–Crippen LogP) is 1.14. The third-order valence-electron chi connectivity index (χ3n) is 3.79. The normalized spacial score (nSPS) is 19.2. The molecule has 1 aliphatic heterocycles. The summed E-state index contributed by atoms with van der Waals surface area (Å²) >= 11 is 0. The highest BCUT2D eigenvalue weighted by atomic mass is 32.2. The van der Waals surface area contributed by atoms with Gasteiger partial charge in [-0.15, -0.1) is 6.58 Å². The van der Waals surface area contributed by atoms with Gasteiger partial charge in [0.1, 0.15) is 0 Å². The molecule has 2 N–H and O–H groups in total. The SMILES string of the molecule is C=CCNS(=O)(=O)c1cccc(C(=O)N2CCC[C@@H](O)CC2)c1. The first kappa shape index (κ1) is 17.7. The van der Waals surface area contributed by atoms with Crippen molar-refractivity contribution in [1.29, 1.82) is 0 Å². The van der Waals surface area contributed by atoms with Gasteiger partial charge in [0.05, 0.1) is 11.0 Å². The molecule has 0 aliphatic carbocycles. The highest BCUT2D eigenvalue weighted by Crippen LogP contribution is 2.17. The lowest BCUT2D eigenvalue weighted by Gasteiger charge is -2.20. The van der Waals surface area contributed by atoms with E-state index in [0.29, 0.717) is 31.5 Å². The molecule has 0 saturated carbocycles. The van der Waals surface area contributed by atoms with Crippen molar-refractivity contribution in [3.63, 3.8) is 0 Å². The Hall–Kier alpha value is -1.70. The minimum absolute atomic E-state index is 0.0556. The number of amides is 1. The molecule has 1 heterocycles. The smallest absolute Gasteiger partial charge is 0.253 e. The fraction of sp³-hybridized carbons (Fsp3) is 0.438. The average molecular weight is 338 g/mol. The fourth-order valence-corrected chi connectivity index (χ4v) is 3.56. The third-order valence-corrected chi connectivity index (χ3v) is 5.22. The van der Waals surface area contributed by atoms with Gasteiger partial charge in [-0.2, -0.15) is 0 Å². The van der Waals surface area contributed by atoms with Crippen LogP contribution in [0.1, 0.15) is 29.6 Å². The number of hydrogen-bond donors (Lipinski definition) is 2. The van der Waals surface area contributed by atoms with Crippen LogP contribution in [0.5, 0.6) is 0 Å². The van der Waals surface area contributed by atoms with Crippen LogP contribution in [0.2, 0.25) is 0 Å². The molecule has 0 radical (unpaired) electrons. The molecule has 0 spiro atoms. The van der Waals surface area contributed by atoms with E-state index in [-0.39, 0.29) is 23.5 Å². The van der Waals surface area contributed by atoms with Crippen LogP contribution < -0.4 is 4.72 Å². The summed E-state index contributed by atoms with van der Waals surface area (Å²) in [5, 5.41) is 9.66. The number of sulfonamides is 1. The van der Waals surface area contributed by atoms with Crippen molar-refractivity contribution in [1.82, 2.24) is 9.62 Å². The zero-order valence-corrected chi connectivity index (χ0v) is 13.8. The zero-order valence-electron chi connectivity index (χ0n) is 12.9. The highest BCUT2D eigenvalue weighted by molar-refractivity contribution is 7.89. The van der Waals surface area contributed by atoms with Crippen LogP contribution in [0.3, 0.4) is 0 Å². The van der Waals surface area contributed by atoms with E-state index < -0.39 is 10.0 Å². The quantitative estimate of drug-likeness (QED) is 0.788. The molecule has 7 heteroatoms. The van der Waals surface area contributed by atoms with Gasteiger partial charge in [-0.05, 0) is 37.5 Å². The van der Waals surface area contributed by atoms with Gasteiger partial charge >= 0.3 is 0 Å². The van der Waals surface area contributed by atoms with E-state index >= 15 is 0 Å². The number of hydrogen-bond acceptors (Lipinski definition) is 4. The lowest BCUT2D eigenvalue weighted by molar-refractivity contribution is 0.0753. The van der Waals surface area contributed by atoms with Crippen molar-refractivity contribution in [2.24, 2.45) is 0 Å². The van der Waals surface area contributed by atoms with Crippen LogP contribution in [0.15, 0.2) is 41.8 Å². The van der Waals surface area contributed by atoms with E-state index in [1.807, 2.05) is 0 Å². The average Bonchev–Trinajstić information content (AvgIpc) is 2.77. The topological polar surface area (TPSA) is 86.7 Å². The molecule has 1 aliphatic rings. The third kappa shape index (κ3) is 4.63. The van der Waals surface area contributed by atoms with Crippen LogP contribution in [-0.4, -0.2) is 50.1 Å². The summed E-state index contributed by atoms with van der Waals surface area (Å²) in [6.45, 7) is 4.65. The Morgan fingerprint density at radius 1 is 1.39 bits per heavy atom. The first-order chi connectivity index (χ1) is 10.9. The van der Waals surface area contributed by atoms with Crippen LogP contribution in [0.25, 0.3) is 0 Å². The molecule has 1 amide bonds. The maximum atomic E-state index is 12.6. The summed E-state index contributed by atoms with van der Waals surface area (Å²) in [5.41, 5.74) is 0.336. The van der Waals surface area contributed by atoms with Gasteiger partial charge in [0, 0.05) is 25.2 Å². The summed E-state index contributed by atoms with van der Waals surface area (Å²) in [6.07, 6.45) is 3.05. The molecule has 1 aromatic carbocycles. The van der Waals surface area contributed by atoms with Crippen molar-refractivity contribution in [2.45, 2.75) is 30.3 Å². The Kier molecular flexibility index (Phi) is 5.92. The zero-order chi connectivity index (χ0) is 16.9. The van der Waals surface area contributed by atoms with E-state index in [9.17, 15) is 18.3 Å². The maximum Gasteiger partial charge on any atom is 0.253 e. The molecule has 1 atom stereocenters. The highest BCUT2D eigenvalue weighted by Gasteiger charge is 2.22. The summed E-state index contributed by atoms with van der Waals surface area (Å²) in [6, 6.07) is 6.00. The molecule has 23 heavy (non-hydrogen) atoms. The second-order valence-corrected chi connectivity index (χ2v) is 7.31. The van der Waals surface area contributed by atoms with Crippen molar-refractivity contribution in [3.8, 4) is 0 Å². The number of likely N-dealkylation sites (tertiary alicyclic amines) is 1. The van der Waals surface area contributed by atoms with Gasteiger partial charge in [-0.25, -0.2) is 13.1 Å². The number of benzene rings is 1. The van der Waals surface area contributed by atoms with E-state index in [0.717, 1.165) is 6.42 Å². The largest absolute Gasteiger partial charge is 0.393 e. The van der Waals surface area contributed by atoms with Gasteiger partial charge in [0.25, 0.3) is 5.91 Å². The minimum Gasteiger partial charge on any atom is -0.393 e. The van der Waals surface area contributed by atoms with Crippen molar-refractivity contribution < 1.29 is 18.3 Å². The Bertz CT molecular complexity index is 672. The van der Waals surface area contributed by atoms with Crippen molar-refractivity contribution in [2.75, 3.05) is 19.6 Å². The van der Waals surface area contributed by atoms with E-state index in [1.165, 1.54) is 18.2 Å². The second kappa shape index (κ2) is 7.72. The van der Waals surface area contributed by atoms with Crippen LogP contribution in [0.4, 0.5) is 0 Å². The molecule has 6 nitrogen and oxygen atoms in total. The van der Waals surface area contributed by atoms with E-state index in [1.54, 1.807) is 17.0 Å². The summed E-state index contributed by atoms with van der Waals surface area (Å²) in [5.74, 6) is -0.208. The van der Waals surface area contributed by atoms with Crippen molar-refractivity contribution in [3.05, 3.63) is 42.5 Å². The predicted molar refractivity (Wildman–Crippen MR) is 87.6 cm³/mol. The number of rotatable bonds is 5. The summed E-state index contributed by atoms with van der Waals surface area (Å²) in [4.78, 5) is 14.3. The monoisotopic (exact) mass is 338 g/mol. The number of nitrogens with one attached hydrogen (secondary N) is 1. The van der Waals surface area contributed by atoms with Crippen LogP contribution in [0, 0.1) is 0 Å². The van der Waals surface area contributed by atoms with Gasteiger partial charge in [0.2, 0.25) is 10.0 Å². The minimum atomic E-state index is -3.66.